The van der Waals surface area contributed by atoms with Gasteiger partial charge in [0.05, 0.1) is 7.11 Å². The van der Waals surface area contributed by atoms with Crippen LogP contribution in [-0.4, -0.2) is 19.6 Å². The minimum absolute atomic E-state index is 0. The maximum atomic E-state index is 10.7. The standard InChI is InChI=1S/C15H18N2O3S.ClH/c1-19-14-7-11(4-5-13(14)20-10-15(16)18)8-17-9-12-3-2-6-21-12;/h2-7,17H,8-10H2,1H3,(H2,16,18);1H/p-1. The Morgan fingerprint density at radius 3 is 2.73 bits per heavy atom. The van der Waals surface area contributed by atoms with Crippen molar-refractivity contribution in [2.45, 2.75) is 13.1 Å². The van der Waals surface area contributed by atoms with Gasteiger partial charge in [-0.25, -0.2) is 0 Å². The zero-order valence-corrected chi connectivity index (χ0v) is 13.7. The van der Waals surface area contributed by atoms with Gasteiger partial charge in [0.1, 0.15) is 0 Å². The second-order valence-electron chi connectivity index (χ2n) is 4.42. The highest BCUT2D eigenvalue weighted by Gasteiger charge is 2.07. The summed E-state index contributed by atoms with van der Waals surface area (Å²) in [6.45, 7) is 1.40. The largest absolute Gasteiger partial charge is 1.00 e. The highest BCUT2D eigenvalue weighted by molar-refractivity contribution is 7.09. The number of benzene rings is 1. The molecule has 0 aliphatic rings. The SMILES string of the molecule is COc1cc(CNCc2cccs2)ccc1OCC(N)=O.[Cl-]. The van der Waals surface area contributed by atoms with E-state index in [1.807, 2.05) is 18.2 Å². The number of ether oxygens (including phenoxy) is 2. The van der Waals surface area contributed by atoms with Crippen molar-refractivity contribution in [2.75, 3.05) is 13.7 Å². The Kier molecular flexibility index (Phi) is 7.73. The van der Waals surface area contributed by atoms with E-state index in [1.54, 1.807) is 24.5 Å². The first-order valence-corrected chi connectivity index (χ1v) is 7.38. The predicted molar refractivity (Wildman–Crippen MR) is 82.5 cm³/mol. The monoisotopic (exact) mass is 341 g/mol. The Hall–Kier alpha value is -1.76. The lowest BCUT2D eigenvalue weighted by molar-refractivity contribution is -0.119. The number of methoxy groups -OCH3 is 1. The van der Waals surface area contributed by atoms with Gasteiger partial charge in [-0.1, -0.05) is 12.1 Å². The highest BCUT2D eigenvalue weighted by Crippen LogP contribution is 2.28. The van der Waals surface area contributed by atoms with E-state index in [0.717, 1.165) is 18.7 Å². The maximum Gasteiger partial charge on any atom is 0.255 e. The van der Waals surface area contributed by atoms with Gasteiger partial charge in [0.2, 0.25) is 0 Å². The number of nitrogens with two attached hydrogens (primary N) is 1. The summed E-state index contributed by atoms with van der Waals surface area (Å²) in [5.41, 5.74) is 6.14. The van der Waals surface area contributed by atoms with Gasteiger partial charge in [-0.15, -0.1) is 11.3 Å². The van der Waals surface area contributed by atoms with Gasteiger partial charge in [-0.3, -0.25) is 4.79 Å². The van der Waals surface area contributed by atoms with Gasteiger partial charge >= 0.3 is 0 Å². The molecule has 1 aromatic heterocycles. The summed E-state index contributed by atoms with van der Waals surface area (Å²) in [6.07, 6.45) is 0. The van der Waals surface area contributed by atoms with Crippen LogP contribution in [0, 0.1) is 0 Å². The Morgan fingerprint density at radius 1 is 1.27 bits per heavy atom. The van der Waals surface area contributed by atoms with Crippen molar-refractivity contribution in [2.24, 2.45) is 5.73 Å². The van der Waals surface area contributed by atoms with E-state index in [0.29, 0.717) is 11.5 Å². The van der Waals surface area contributed by atoms with Gasteiger partial charge < -0.3 is 32.9 Å². The molecule has 0 saturated heterocycles. The number of carbonyl (C=O) groups is 1. The number of hydrogen-bond donors (Lipinski definition) is 2. The van der Waals surface area contributed by atoms with Crippen LogP contribution in [0.25, 0.3) is 0 Å². The molecule has 7 heteroatoms. The number of thiophene rings is 1. The number of carbonyl (C=O) groups excluding carboxylic acids is 1. The summed E-state index contributed by atoms with van der Waals surface area (Å²) in [5.74, 6) is 0.587. The van der Waals surface area contributed by atoms with Gasteiger partial charge in [-0.05, 0) is 29.1 Å². The summed E-state index contributed by atoms with van der Waals surface area (Å²) in [7, 11) is 1.56. The molecule has 5 nitrogen and oxygen atoms in total. The molecule has 2 rings (SSSR count). The summed E-state index contributed by atoms with van der Waals surface area (Å²) in [4.78, 5) is 12.0. The van der Waals surface area contributed by atoms with Crippen molar-refractivity contribution < 1.29 is 26.7 Å². The topological polar surface area (TPSA) is 73.6 Å². The molecule has 3 N–H and O–H groups in total. The molecule has 0 atom stereocenters. The van der Waals surface area contributed by atoms with E-state index >= 15 is 0 Å². The molecule has 0 aliphatic heterocycles. The number of primary amides is 1. The Bertz CT molecular complexity index is 590. The molecule has 1 aromatic carbocycles. The van der Waals surface area contributed by atoms with Crippen LogP contribution in [0.2, 0.25) is 0 Å². The lowest BCUT2D eigenvalue weighted by Crippen LogP contribution is -3.00. The van der Waals surface area contributed by atoms with Crippen LogP contribution in [0.3, 0.4) is 0 Å². The van der Waals surface area contributed by atoms with Gasteiger partial charge in [0, 0.05) is 18.0 Å². The van der Waals surface area contributed by atoms with E-state index in [-0.39, 0.29) is 19.0 Å². The molecule has 2 aromatic rings. The summed E-state index contributed by atoms with van der Waals surface area (Å²) < 4.78 is 10.6. The third-order valence-electron chi connectivity index (χ3n) is 2.81. The zero-order chi connectivity index (χ0) is 15.1. The van der Waals surface area contributed by atoms with Crippen LogP contribution >= 0.6 is 11.3 Å². The Morgan fingerprint density at radius 2 is 2.09 bits per heavy atom. The fraction of sp³-hybridized carbons (Fsp3) is 0.267. The van der Waals surface area contributed by atoms with Gasteiger partial charge in [-0.2, -0.15) is 0 Å². The molecule has 0 spiro atoms. The predicted octanol–water partition coefficient (Wildman–Crippen LogP) is -1.09. The molecule has 0 fully saturated rings. The molecule has 0 saturated carbocycles. The average molecular weight is 342 g/mol. The molecule has 1 heterocycles. The molecule has 0 unspecified atom stereocenters. The van der Waals surface area contributed by atoms with Crippen molar-refractivity contribution in [3.05, 3.63) is 46.2 Å². The summed E-state index contributed by atoms with van der Waals surface area (Å²) in [6, 6.07) is 9.73. The Labute approximate surface area is 139 Å². The second-order valence-corrected chi connectivity index (χ2v) is 5.46. The van der Waals surface area contributed by atoms with Crippen LogP contribution in [0.1, 0.15) is 10.4 Å². The van der Waals surface area contributed by atoms with Gasteiger partial charge in [0.15, 0.2) is 18.1 Å². The second kappa shape index (κ2) is 9.30. The first-order chi connectivity index (χ1) is 10.2. The fourth-order valence-corrected chi connectivity index (χ4v) is 2.51. The van der Waals surface area contributed by atoms with E-state index in [9.17, 15) is 4.79 Å². The van der Waals surface area contributed by atoms with Crippen molar-refractivity contribution in [3.8, 4) is 11.5 Å². The lowest BCUT2D eigenvalue weighted by Gasteiger charge is -2.11. The van der Waals surface area contributed by atoms with Crippen LogP contribution in [0.5, 0.6) is 11.5 Å². The van der Waals surface area contributed by atoms with E-state index in [2.05, 4.69) is 16.8 Å². The number of rotatable bonds is 8. The van der Waals surface area contributed by atoms with E-state index in [4.69, 9.17) is 15.2 Å². The number of halogens is 1. The highest BCUT2D eigenvalue weighted by atomic mass is 35.5. The third kappa shape index (κ3) is 5.55. The van der Waals surface area contributed by atoms with Crippen LogP contribution in [0.4, 0.5) is 0 Å². The van der Waals surface area contributed by atoms with Crippen LogP contribution in [0.15, 0.2) is 35.7 Å². The number of nitrogens with one attached hydrogen (secondary N) is 1. The van der Waals surface area contributed by atoms with Crippen LogP contribution in [-0.2, 0) is 17.9 Å². The maximum absolute atomic E-state index is 10.7. The molecule has 1 amide bonds. The molecule has 0 aliphatic carbocycles. The molecular formula is C15H18ClN2O3S-. The Balaban J connectivity index is 0.00000242. The average Bonchev–Trinajstić information content (AvgIpc) is 2.98. The number of amides is 1. The van der Waals surface area contributed by atoms with Crippen molar-refractivity contribution in [3.63, 3.8) is 0 Å². The lowest BCUT2D eigenvalue weighted by atomic mass is 10.2. The first kappa shape index (κ1) is 18.3. The minimum atomic E-state index is -0.515. The molecular weight excluding hydrogens is 324 g/mol. The normalized spacial score (nSPS) is 9.86. The number of hydrogen-bond acceptors (Lipinski definition) is 5. The zero-order valence-electron chi connectivity index (χ0n) is 12.2. The van der Waals surface area contributed by atoms with E-state index < -0.39 is 5.91 Å². The van der Waals surface area contributed by atoms with Crippen molar-refractivity contribution in [1.29, 1.82) is 0 Å². The van der Waals surface area contributed by atoms with Crippen molar-refractivity contribution in [1.82, 2.24) is 5.32 Å². The van der Waals surface area contributed by atoms with Crippen molar-refractivity contribution >= 4 is 17.2 Å². The smallest absolute Gasteiger partial charge is 0.255 e. The quantitative estimate of drug-likeness (QED) is 0.640. The third-order valence-corrected chi connectivity index (χ3v) is 3.68. The summed E-state index contributed by atoms with van der Waals surface area (Å²) >= 11 is 1.73. The molecule has 0 bridgehead atoms. The summed E-state index contributed by atoms with van der Waals surface area (Å²) in [5, 5.41) is 5.43. The van der Waals surface area contributed by atoms with Gasteiger partial charge in [0.25, 0.3) is 5.91 Å². The molecule has 22 heavy (non-hydrogen) atoms. The minimum Gasteiger partial charge on any atom is -1.00 e. The first-order valence-electron chi connectivity index (χ1n) is 6.50. The fourth-order valence-electron chi connectivity index (χ4n) is 1.83. The van der Waals surface area contributed by atoms with Crippen LogP contribution < -0.4 is 32.9 Å². The molecule has 0 radical (unpaired) electrons. The molecule has 120 valence electrons. The van der Waals surface area contributed by atoms with E-state index in [1.165, 1.54) is 4.88 Å².